The third kappa shape index (κ3) is 6.49. The highest BCUT2D eigenvalue weighted by atomic mass is 79.9. The molecule has 3 aromatic rings. The molecule has 0 aliphatic carbocycles. The lowest BCUT2D eigenvalue weighted by molar-refractivity contribution is -0.144. The van der Waals surface area contributed by atoms with Crippen molar-refractivity contribution in [3.63, 3.8) is 0 Å². The van der Waals surface area contributed by atoms with Crippen LogP contribution in [0.2, 0.25) is 0 Å². The lowest BCUT2D eigenvalue weighted by atomic mass is 10.2. The lowest BCUT2D eigenvalue weighted by Crippen LogP contribution is -2.51. The van der Waals surface area contributed by atoms with Gasteiger partial charge in [0.2, 0.25) is 0 Å². The van der Waals surface area contributed by atoms with E-state index in [9.17, 15) is 14.0 Å². The summed E-state index contributed by atoms with van der Waals surface area (Å²) in [6.07, 6.45) is 0. The SMILES string of the molecule is CCOc1cc(Br)c(F)cc1NC(=O)C(=O)N1CCN(Cc2ccc(-c3cccc(Br)c3)s2)CC1. The minimum Gasteiger partial charge on any atom is -0.492 e. The molecule has 2 amide bonds. The number of hydrogen-bond acceptors (Lipinski definition) is 5. The Bertz CT molecular complexity index is 1230. The molecular formula is C25H24Br2FN3O3S. The molecule has 0 saturated carbocycles. The van der Waals surface area contributed by atoms with Gasteiger partial charge in [0.1, 0.15) is 11.6 Å². The summed E-state index contributed by atoms with van der Waals surface area (Å²) in [7, 11) is 0. The van der Waals surface area contributed by atoms with Crippen LogP contribution in [0.5, 0.6) is 5.75 Å². The predicted octanol–water partition coefficient (Wildman–Crippen LogP) is 5.76. The van der Waals surface area contributed by atoms with Crippen LogP contribution >= 0.6 is 43.2 Å². The molecule has 2 aromatic carbocycles. The maximum Gasteiger partial charge on any atom is 0.314 e. The topological polar surface area (TPSA) is 61.9 Å². The number of hydrogen-bond donors (Lipinski definition) is 1. The van der Waals surface area contributed by atoms with Crippen molar-refractivity contribution in [1.82, 2.24) is 9.80 Å². The Labute approximate surface area is 224 Å². The number of benzene rings is 2. The molecule has 1 fully saturated rings. The van der Waals surface area contributed by atoms with Gasteiger partial charge in [-0.25, -0.2) is 4.39 Å². The molecule has 1 aromatic heterocycles. The Morgan fingerprint density at radius 3 is 2.57 bits per heavy atom. The quantitative estimate of drug-likeness (QED) is 0.354. The molecule has 1 aliphatic heterocycles. The van der Waals surface area contributed by atoms with Crippen molar-refractivity contribution >= 4 is 60.7 Å². The van der Waals surface area contributed by atoms with Gasteiger partial charge in [-0.3, -0.25) is 14.5 Å². The molecular weight excluding hydrogens is 601 g/mol. The van der Waals surface area contributed by atoms with Crippen LogP contribution in [-0.2, 0) is 16.1 Å². The van der Waals surface area contributed by atoms with E-state index in [1.807, 2.05) is 12.1 Å². The molecule has 1 saturated heterocycles. The maximum absolute atomic E-state index is 14.0. The van der Waals surface area contributed by atoms with E-state index in [0.717, 1.165) is 17.1 Å². The smallest absolute Gasteiger partial charge is 0.314 e. The van der Waals surface area contributed by atoms with Crippen molar-refractivity contribution in [2.24, 2.45) is 0 Å². The molecule has 10 heteroatoms. The first-order valence-electron chi connectivity index (χ1n) is 11.1. The molecule has 6 nitrogen and oxygen atoms in total. The standard InChI is InChI=1S/C25H24Br2FN3O3S/c1-2-34-22-13-19(27)20(28)14-21(22)29-24(32)25(33)31-10-8-30(9-11-31)15-18-6-7-23(35-18)16-4-3-5-17(26)12-16/h3-7,12-14H,2,8-11,15H2,1H3,(H,29,32). The minimum atomic E-state index is -0.807. The van der Waals surface area contributed by atoms with E-state index in [-0.39, 0.29) is 10.2 Å². The number of ether oxygens (including phenoxy) is 1. The third-order valence-electron chi connectivity index (χ3n) is 5.57. The molecule has 0 atom stereocenters. The first kappa shape index (κ1) is 25.8. The largest absolute Gasteiger partial charge is 0.492 e. The van der Waals surface area contributed by atoms with Crippen LogP contribution in [0.3, 0.4) is 0 Å². The average molecular weight is 625 g/mol. The second-order valence-electron chi connectivity index (χ2n) is 7.99. The number of nitrogens with one attached hydrogen (secondary N) is 1. The summed E-state index contributed by atoms with van der Waals surface area (Å²) in [5.41, 5.74) is 1.30. The van der Waals surface area contributed by atoms with Gasteiger partial charge >= 0.3 is 11.8 Å². The number of nitrogens with zero attached hydrogens (tertiary/aromatic N) is 2. The second kappa shape index (κ2) is 11.6. The average Bonchev–Trinajstić information content (AvgIpc) is 3.31. The minimum absolute atomic E-state index is 0.128. The van der Waals surface area contributed by atoms with Gasteiger partial charge in [0, 0.05) is 53.0 Å². The van der Waals surface area contributed by atoms with Crippen LogP contribution in [0.4, 0.5) is 10.1 Å². The summed E-state index contributed by atoms with van der Waals surface area (Å²) >= 11 is 8.38. The summed E-state index contributed by atoms with van der Waals surface area (Å²) < 4.78 is 20.7. The molecule has 1 N–H and O–H groups in total. The zero-order chi connectivity index (χ0) is 24.9. The normalized spacial score (nSPS) is 14.1. The number of anilines is 1. The Balaban J connectivity index is 1.31. The van der Waals surface area contributed by atoms with Crippen molar-refractivity contribution in [3.8, 4) is 16.2 Å². The zero-order valence-electron chi connectivity index (χ0n) is 19.0. The van der Waals surface area contributed by atoms with E-state index in [2.05, 4.69) is 66.3 Å². The zero-order valence-corrected chi connectivity index (χ0v) is 23.0. The van der Waals surface area contributed by atoms with Crippen LogP contribution < -0.4 is 10.1 Å². The molecule has 0 unspecified atom stereocenters. The first-order valence-corrected chi connectivity index (χ1v) is 13.5. The maximum atomic E-state index is 14.0. The number of thiophene rings is 1. The number of carbonyl (C=O) groups is 2. The molecule has 0 bridgehead atoms. The molecule has 4 rings (SSSR count). The van der Waals surface area contributed by atoms with E-state index in [1.54, 1.807) is 18.3 Å². The Hall–Kier alpha value is -2.27. The molecule has 1 aliphatic rings. The highest BCUT2D eigenvalue weighted by Crippen LogP contribution is 2.32. The summed E-state index contributed by atoms with van der Waals surface area (Å²) in [6, 6.07) is 15.1. The van der Waals surface area contributed by atoms with E-state index >= 15 is 0 Å². The van der Waals surface area contributed by atoms with Gasteiger partial charge in [-0.05, 0) is 58.7 Å². The Morgan fingerprint density at radius 1 is 1.09 bits per heavy atom. The van der Waals surface area contributed by atoms with Gasteiger partial charge in [-0.15, -0.1) is 11.3 Å². The Morgan fingerprint density at radius 2 is 1.86 bits per heavy atom. The monoisotopic (exact) mass is 623 g/mol. The molecule has 2 heterocycles. The summed E-state index contributed by atoms with van der Waals surface area (Å²) in [6.45, 7) is 5.15. The van der Waals surface area contributed by atoms with Crippen molar-refractivity contribution < 1.29 is 18.7 Å². The summed E-state index contributed by atoms with van der Waals surface area (Å²) in [4.78, 5) is 31.6. The van der Waals surface area contributed by atoms with Gasteiger partial charge in [0.25, 0.3) is 0 Å². The van der Waals surface area contributed by atoms with E-state index in [0.29, 0.717) is 38.5 Å². The first-order chi connectivity index (χ1) is 16.8. The molecule has 0 radical (unpaired) electrons. The highest BCUT2D eigenvalue weighted by Gasteiger charge is 2.27. The van der Waals surface area contributed by atoms with Crippen LogP contribution in [0.15, 0.2) is 57.5 Å². The fourth-order valence-corrected chi connectivity index (χ4v) is 5.58. The van der Waals surface area contributed by atoms with Gasteiger partial charge in [-0.1, -0.05) is 28.1 Å². The van der Waals surface area contributed by atoms with Gasteiger partial charge in [0.15, 0.2) is 0 Å². The van der Waals surface area contributed by atoms with Crippen molar-refractivity contribution in [2.45, 2.75) is 13.5 Å². The fraction of sp³-hybridized carbons (Fsp3) is 0.280. The van der Waals surface area contributed by atoms with Crippen molar-refractivity contribution in [3.05, 3.63) is 68.2 Å². The van der Waals surface area contributed by atoms with Crippen LogP contribution in [0, 0.1) is 5.82 Å². The van der Waals surface area contributed by atoms with Gasteiger partial charge in [-0.2, -0.15) is 0 Å². The fourth-order valence-electron chi connectivity index (χ4n) is 3.81. The Kier molecular flexibility index (Phi) is 8.59. The van der Waals surface area contributed by atoms with E-state index in [4.69, 9.17) is 4.74 Å². The number of piperazine rings is 1. The summed E-state index contributed by atoms with van der Waals surface area (Å²) in [5, 5.41) is 2.50. The third-order valence-corrected chi connectivity index (χ3v) is 7.79. The van der Waals surface area contributed by atoms with Crippen LogP contribution in [0.1, 0.15) is 11.8 Å². The second-order valence-corrected chi connectivity index (χ2v) is 10.9. The van der Waals surface area contributed by atoms with Crippen LogP contribution in [-0.4, -0.2) is 54.4 Å². The van der Waals surface area contributed by atoms with Crippen LogP contribution in [0.25, 0.3) is 10.4 Å². The molecule has 184 valence electrons. The highest BCUT2D eigenvalue weighted by molar-refractivity contribution is 9.10. The molecule has 35 heavy (non-hydrogen) atoms. The van der Waals surface area contributed by atoms with E-state index in [1.165, 1.54) is 26.3 Å². The predicted molar refractivity (Wildman–Crippen MR) is 143 cm³/mol. The number of halogens is 3. The van der Waals surface area contributed by atoms with E-state index < -0.39 is 17.6 Å². The van der Waals surface area contributed by atoms with Crippen molar-refractivity contribution in [2.75, 3.05) is 38.1 Å². The molecule has 0 spiro atoms. The lowest BCUT2D eigenvalue weighted by Gasteiger charge is -2.34. The van der Waals surface area contributed by atoms with Crippen molar-refractivity contribution in [1.29, 1.82) is 0 Å². The number of rotatable bonds is 6. The number of amides is 2. The van der Waals surface area contributed by atoms with Gasteiger partial charge in [0.05, 0.1) is 16.8 Å². The number of carbonyl (C=O) groups excluding carboxylic acids is 2. The summed E-state index contributed by atoms with van der Waals surface area (Å²) in [5.74, 6) is -1.70. The van der Waals surface area contributed by atoms with Gasteiger partial charge < -0.3 is 15.0 Å².